The van der Waals surface area contributed by atoms with E-state index in [2.05, 4.69) is 15.1 Å². The third-order valence-corrected chi connectivity index (χ3v) is 3.16. The summed E-state index contributed by atoms with van der Waals surface area (Å²) in [7, 11) is 1.61. The van der Waals surface area contributed by atoms with Crippen molar-refractivity contribution in [2.75, 3.05) is 7.11 Å². The fraction of sp³-hybridized carbons (Fsp3) is 0.214. The Bertz CT molecular complexity index is 788. The van der Waals surface area contributed by atoms with Crippen LogP contribution in [0.15, 0.2) is 30.6 Å². The number of ether oxygens (including phenoxy) is 2. The number of halogens is 1. The normalized spacial score (nSPS) is 11.0. The maximum Gasteiger partial charge on any atom is 0.255 e. The van der Waals surface area contributed by atoms with Gasteiger partial charge in [0.05, 0.1) is 12.3 Å². The van der Waals surface area contributed by atoms with E-state index in [1.165, 1.54) is 10.8 Å². The van der Waals surface area contributed by atoms with Gasteiger partial charge in [-0.05, 0) is 24.6 Å². The molecule has 0 atom stereocenters. The lowest BCUT2D eigenvalue weighted by Gasteiger charge is -2.11. The first kappa shape index (κ1) is 13.8. The number of hydrogen-bond donors (Lipinski definition) is 0. The highest BCUT2D eigenvalue weighted by atomic mass is 35.5. The van der Waals surface area contributed by atoms with Crippen LogP contribution in [0.3, 0.4) is 0 Å². The Balaban J connectivity index is 2.06. The van der Waals surface area contributed by atoms with Gasteiger partial charge in [-0.15, -0.1) is 0 Å². The van der Waals surface area contributed by atoms with Gasteiger partial charge in [0.1, 0.15) is 12.1 Å². The summed E-state index contributed by atoms with van der Waals surface area (Å²) >= 11 is 6.01. The molecule has 6 nitrogen and oxygen atoms in total. The van der Waals surface area contributed by atoms with Crippen molar-refractivity contribution in [3.05, 3.63) is 46.9 Å². The maximum absolute atomic E-state index is 6.01. The van der Waals surface area contributed by atoms with Crippen molar-refractivity contribution in [2.45, 2.75) is 13.5 Å². The SMILES string of the molecule is COCc1cc(Oc2cc(Cl)ccc2C)n2ncnc2n1. The summed E-state index contributed by atoms with van der Waals surface area (Å²) in [5, 5.41) is 4.72. The van der Waals surface area contributed by atoms with Gasteiger partial charge < -0.3 is 9.47 Å². The number of aryl methyl sites for hydroxylation is 1. The van der Waals surface area contributed by atoms with Crippen LogP contribution < -0.4 is 4.74 Å². The molecule has 0 aliphatic heterocycles. The highest BCUT2D eigenvalue weighted by Crippen LogP contribution is 2.28. The minimum Gasteiger partial charge on any atom is -0.438 e. The molecule has 0 spiro atoms. The summed E-state index contributed by atoms with van der Waals surface area (Å²) in [6, 6.07) is 7.24. The van der Waals surface area contributed by atoms with E-state index in [4.69, 9.17) is 21.1 Å². The first-order valence-corrected chi connectivity index (χ1v) is 6.68. The van der Waals surface area contributed by atoms with Crippen molar-refractivity contribution in [1.29, 1.82) is 0 Å². The number of aromatic nitrogens is 4. The molecule has 21 heavy (non-hydrogen) atoms. The molecule has 2 heterocycles. The molecule has 0 unspecified atom stereocenters. The van der Waals surface area contributed by atoms with Crippen LogP contribution in [0.2, 0.25) is 5.02 Å². The fourth-order valence-electron chi connectivity index (χ4n) is 1.92. The second-order valence-corrected chi connectivity index (χ2v) is 4.94. The molecule has 0 bridgehead atoms. The van der Waals surface area contributed by atoms with E-state index in [9.17, 15) is 0 Å². The Morgan fingerprint density at radius 3 is 2.95 bits per heavy atom. The van der Waals surface area contributed by atoms with E-state index in [1.807, 2.05) is 19.1 Å². The van der Waals surface area contributed by atoms with E-state index >= 15 is 0 Å². The zero-order valence-electron chi connectivity index (χ0n) is 11.6. The topological polar surface area (TPSA) is 61.5 Å². The summed E-state index contributed by atoms with van der Waals surface area (Å²) in [4.78, 5) is 8.41. The molecule has 0 amide bonds. The van der Waals surface area contributed by atoms with Crippen molar-refractivity contribution in [2.24, 2.45) is 0 Å². The number of hydrogen-bond acceptors (Lipinski definition) is 5. The van der Waals surface area contributed by atoms with E-state index in [0.29, 0.717) is 34.7 Å². The van der Waals surface area contributed by atoms with E-state index in [0.717, 1.165) is 5.56 Å². The van der Waals surface area contributed by atoms with Gasteiger partial charge in [-0.2, -0.15) is 14.6 Å². The van der Waals surface area contributed by atoms with Gasteiger partial charge in [0.2, 0.25) is 5.88 Å². The second-order valence-electron chi connectivity index (χ2n) is 4.50. The van der Waals surface area contributed by atoms with Crippen LogP contribution >= 0.6 is 11.6 Å². The molecule has 3 aromatic rings. The number of fused-ring (bicyclic) bond motifs is 1. The fourth-order valence-corrected chi connectivity index (χ4v) is 2.08. The van der Waals surface area contributed by atoms with Crippen molar-refractivity contribution in [1.82, 2.24) is 19.6 Å². The van der Waals surface area contributed by atoms with Crippen molar-refractivity contribution < 1.29 is 9.47 Å². The molecule has 0 saturated carbocycles. The van der Waals surface area contributed by atoms with Crippen LogP contribution in [0.4, 0.5) is 0 Å². The Morgan fingerprint density at radius 2 is 2.14 bits per heavy atom. The maximum atomic E-state index is 6.01. The molecule has 2 aromatic heterocycles. The van der Waals surface area contributed by atoms with E-state index in [-0.39, 0.29) is 0 Å². The summed E-state index contributed by atoms with van der Waals surface area (Å²) in [5.74, 6) is 1.63. The summed E-state index contributed by atoms with van der Waals surface area (Å²) in [6.45, 7) is 2.32. The predicted molar refractivity (Wildman–Crippen MR) is 77.8 cm³/mol. The monoisotopic (exact) mass is 304 g/mol. The lowest BCUT2D eigenvalue weighted by Crippen LogP contribution is -2.02. The van der Waals surface area contributed by atoms with Crippen LogP contribution in [0.1, 0.15) is 11.3 Å². The molecule has 0 fully saturated rings. The average Bonchev–Trinajstić information content (AvgIpc) is 2.92. The first-order valence-electron chi connectivity index (χ1n) is 6.30. The number of methoxy groups -OCH3 is 1. The molecule has 0 saturated heterocycles. The zero-order chi connectivity index (χ0) is 14.8. The lowest BCUT2D eigenvalue weighted by molar-refractivity contribution is 0.181. The Kier molecular flexibility index (Phi) is 3.72. The van der Waals surface area contributed by atoms with E-state index < -0.39 is 0 Å². The highest BCUT2D eigenvalue weighted by molar-refractivity contribution is 6.30. The van der Waals surface area contributed by atoms with Crippen molar-refractivity contribution in [3.63, 3.8) is 0 Å². The average molecular weight is 305 g/mol. The predicted octanol–water partition coefficient (Wildman–Crippen LogP) is 3.02. The number of rotatable bonds is 4. The van der Waals surface area contributed by atoms with Gasteiger partial charge in [-0.1, -0.05) is 17.7 Å². The van der Waals surface area contributed by atoms with Gasteiger partial charge >= 0.3 is 0 Å². The molecule has 0 aliphatic carbocycles. The summed E-state index contributed by atoms with van der Waals surface area (Å²) in [5.41, 5.74) is 1.69. The molecule has 0 radical (unpaired) electrons. The molecule has 108 valence electrons. The van der Waals surface area contributed by atoms with Crippen LogP contribution in [-0.4, -0.2) is 26.7 Å². The van der Waals surface area contributed by atoms with Crippen molar-refractivity contribution in [3.8, 4) is 11.6 Å². The molecule has 0 N–H and O–H groups in total. The molecule has 7 heteroatoms. The van der Waals surface area contributed by atoms with Gasteiger partial charge in [0.15, 0.2) is 0 Å². The van der Waals surface area contributed by atoms with Crippen LogP contribution in [-0.2, 0) is 11.3 Å². The van der Waals surface area contributed by atoms with Gasteiger partial charge in [0, 0.05) is 18.2 Å². The zero-order valence-corrected chi connectivity index (χ0v) is 12.3. The Hall–Kier alpha value is -2.18. The minimum atomic E-state index is 0.369. The van der Waals surface area contributed by atoms with Crippen molar-refractivity contribution >= 4 is 17.4 Å². The molecular formula is C14H13ClN4O2. The van der Waals surface area contributed by atoms with Gasteiger partial charge in [-0.25, -0.2) is 4.98 Å². The molecule has 0 aliphatic rings. The lowest BCUT2D eigenvalue weighted by atomic mass is 10.2. The molecular weight excluding hydrogens is 292 g/mol. The van der Waals surface area contributed by atoms with Crippen LogP contribution in [0.5, 0.6) is 11.6 Å². The summed E-state index contributed by atoms with van der Waals surface area (Å²) in [6.07, 6.45) is 1.43. The Morgan fingerprint density at radius 1 is 1.29 bits per heavy atom. The Labute approximate surface area is 126 Å². The second kappa shape index (κ2) is 5.67. The van der Waals surface area contributed by atoms with Gasteiger partial charge in [0.25, 0.3) is 5.78 Å². The largest absolute Gasteiger partial charge is 0.438 e. The number of nitrogens with zero attached hydrogens (tertiary/aromatic N) is 4. The summed E-state index contributed by atoms with van der Waals surface area (Å²) < 4.78 is 12.6. The third-order valence-electron chi connectivity index (χ3n) is 2.93. The third kappa shape index (κ3) is 2.81. The standard InChI is InChI=1S/C14H13ClN4O2/c1-9-3-4-10(15)5-12(9)21-13-6-11(7-20-2)18-14-16-8-17-19(13)14/h3-6,8H,7H2,1-2H3. The smallest absolute Gasteiger partial charge is 0.255 e. The highest BCUT2D eigenvalue weighted by Gasteiger charge is 2.11. The van der Waals surface area contributed by atoms with E-state index in [1.54, 1.807) is 19.2 Å². The van der Waals surface area contributed by atoms with Crippen LogP contribution in [0.25, 0.3) is 5.78 Å². The molecule has 1 aromatic carbocycles. The van der Waals surface area contributed by atoms with Gasteiger partial charge in [-0.3, -0.25) is 0 Å². The van der Waals surface area contributed by atoms with Crippen LogP contribution in [0, 0.1) is 6.92 Å². The first-order chi connectivity index (χ1) is 10.2. The molecule has 3 rings (SSSR count). The quantitative estimate of drug-likeness (QED) is 0.741. The number of benzene rings is 1. The minimum absolute atomic E-state index is 0.369.